The van der Waals surface area contributed by atoms with Crippen LogP contribution in [0.25, 0.3) is 22.6 Å². The van der Waals surface area contributed by atoms with E-state index in [1.165, 1.54) is 5.56 Å². The summed E-state index contributed by atoms with van der Waals surface area (Å²) in [5.74, 6) is 2.59. The van der Waals surface area contributed by atoms with Crippen molar-refractivity contribution in [1.29, 1.82) is 0 Å². The first kappa shape index (κ1) is 10.1. The molecule has 3 heteroatoms. The number of nitrogens with one attached hydrogen (secondary N) is 1. The van der Waals surface area contributed by atoms with Gasteiger partial charge in [0.15, 0.2) is 11.6 Å². The lowest BCUT2D eigenvalue weighted by atomic mass is 10.2. The summed E-state index contributed by atoms with van der Waals surface area (Å²) in [5.41, 5.74) is 3.23. The van der Waals surface area contributed by atoms with Crippen LogP contribution in [-0.4, -0.2) is 9.97 Å². The van der Waals surface area contributed by atoms with Crippen LogP contribution in [-0.2, 0) is 6.42 Å². The normalized spacial score (nSPS) is 11.2. The zero-order valence-corrected chi connectivity index (χ0v) is 9.95. The van der Waals surface area contributed by atoms with E-state index in [-0.39, 0.29) is 0 Å². The predicted octanol–water partition coefficient (Wildman–Crippen LogP) is 3.69. The number of aromatic nitrogens is 2. The van der Waals surface area contributed by atoms with Gasteiger partial charge in [0.1, 0.15) is 5.76 Å². The number of hydrogen-bond acceptors (Lipinski definition) is 2. The van der Waals surface area contributed by atoms with Gasteiger partial charge in [-0.3, -0.25) is 0 Å². The maximum atomic E-state index is 5.69. The summed E-state index contributed by atoms with van der Waals surface area (Å²) in [4.78, 5) is 7.87. The number of nitrogens with zero attached hydrogens (tertiary/aromatic N) is 1. The fraction of sp³-hybridized carbons (Fsp3) is 0.214. The van der Waals surface area contributed by atoms with Crippen LogP contribution < -0.4 is 0 Å². The van der Waals surface area contributed by atoms with E-state index in [0.29, 0.717) is 0 Å². The van der Waals surface area contributed by atoms with Crippen LogP contribution in [0.15, 0.2) is 34.7 Å². The van der Waals surface area contributed by atoms with Crippen molar-refractivity contribution in [3.8, 4) is 11.6 Å². The molecule has 2 heterocycles. The average molecular weight is 226 g/mol. The molecular formula is C14H14N2O. The summed E-state index contributed by atoms with van der Waals surface area (Å²) in [6.07, 6.45) is 0.902. The number of aryl methyl sites for hydroxylation is 2. The maximum absolute atomic E-state index is 5.69. The Hall–Kier alpha value is -2.03. The standard InChI is InChI=1S/C14H14N2O/c1-3-10-7-8-12(17-10)14-15-11-6-4-5-9(2)13(11)16-14/h4-8H,3H2,1-2H3,(H,15,16). The average Bonchev–Trinajstić information content (AvgIpc) is 2.95. The number of fused-ring (bicyclic) bond motifs is 1. The minimum Gasteiger partial charge on any atom is -0.458 e. The molecule has 0 unspecified atom stereocenters. The molecule has 0 aliphatic carbocycles. The van der Waals surface area contributed by atoms with Crippen molar-refractivity contribution in [2.75, 3.05) is 0 Å². The second-order valence-corrected chi connectivity index (χ2v) is 4.18. The molecule has 0 saturated carbocycles. The minimum atomic E-state index is 0.800. The highest BCUT2D eigenvalue weighted by molar-refractivity contribution is 5.81. The molecule has 3 nitrogen and oxygen atoms in total. The van der Waals surface area contributed by atoms with Crippen LogP contribution in [0.2, 0.25) is 0 Å². The molecule has 0 bridgehead atoms. The summed E-state index contributed by atoms with van der Waals surface area (Å²) >= 11 is 0. The molecule has 1 aromatic carbocycles. The van der Waals surface area contributed by atoms with Crippen molar-refractivity contribution in [3.05, 3.63) is 41.7 Å². The van der Waals surface area contributed by atoms with Gasteiger partial charge in [-0.2, -0.15) is 0 Å². The van der Waals surface area contributed by atoms with E-state index in [2.05, 4.69) is 29.9 Å². The molecule has 0 spiro atoms. The summed E-state index contributed by atoms with van der Waals surface area (Å²) in [5, 5.41) is 0. The van der Waals surface area contributed by atoms with E-state index in [0.717, 1.165) is 34.8 Å². The summed E-state index contributed by atoms with van der Waals surface area (Å²) < 4.78 is 5.69. The van der Waals surface area contributed by atoms with Gasteiger partial charge < -0.3 is 9.40 Å². The van der Waals surface area contributed by atoms with E-state index < -0.39 is 0 Å². The molecule has 2 aromatic heterocycles. The van der Waals surface area contributed by atoms with Crippen molar-refractivity contribution in [2.24, 2.45) is 0 Å². The number of hydrogen-bond donors (Lipinski definition) is 1. The Bertz CT molecular complexity index is 664. The van der Waals surface area contributed by atoms with Crippen LogP contribution in [0.4, 0.5) is 0 Å². The van der Waals surface area contributed by atoms with E-state index >= 15 is 0 Å². The molecule has 0 fully saturated rings. The minimum absolute atomic E-state index is 0.800. The number of benzene rings is 1. The van der Waals surface area contributed by atoms with Crippen LogP contribution >= 0.6 is 0 Å². The third-order valence-electron chi connectivity index (χ3n) is 2.96. The van der Waals surface area contributed by atoms with Crippen LogP contribution in [0.1, 0.15) is 18.2 Å². The molecule has 86 valence electrons. The predicted molar refractivity (Wildman–Crippen MR) is 67.9 cm³/mol. The molecule has 3 rings (SSSR count). The van der Waals surface area contributed by atoms with Gasteiger partial charge in [0.25, 0.3) is 0 Å². The van der Waals surface area contributed by atoms with Gasteiger partial charge in [0.2, 0.25) is 0 Å². The third kappa shape index (κ3) is 1.64. The van der Waals surface area contributed by atoms with E-state index in [1.54, 1.807) is 0 Å². The molecule has 0 aliphatic rings. The molecule has 0 radical (unpaired) electrons. The Morgan fingerprint density at radius 2 is 2.12 bits per heavy atom. The van der Waals surface area contributed by atoms with Crippen molar-refractivity contribution < 1.29 is 4.42 Å². The fourth-order valence-corrected chi connectivity index (χ4v) is 1.99. The molecule has 0 aliphatic heterocycles. The summed E-state index contributed by atoms with van der Waals surface area (Å²) in [7, 11) is 0. The fourth-order valence-electron chi connectivity index (χ4n) is 1.99. The molecule has 0 saturated heterocycles. The topological polar surface area (TPSA) is 41.8 Å². The van der Waals surface area contributed by atoms with Crippen LogP contribution in [0, 0.1) is 6.92 Å². The van der Waals surface area contributed by atoms with Crippen LogP contribution in [0.3, 0.4) is 0 Å². The highest BCUT2D eigenvalue weighted by Crippen LogP contribution is 2.24. The number of rotatable bonds is 2. The lowest BCUT2D eigenvalue weighted by Crippen LogP contribution is -1.76. The highest BCUT2D eigenvalue weighted by atomic mass is 16.3. The smallest absolute Gasteiger partial charge is 0.174 e. The lowest BCUT2D eigenvalue weighted by Gasteiger charge is -1.90. The molecule has 0 atom stereocenters. The Kier molecular flexibility index (Phi) is 2.25. The zero-order chi connectivity index (χ0) is 11.8. The van der Waals surface area contributed by atoms with E-state index in [1.807, 2.05) is 24.3 Å². The molecule has 0 amide bonds. The van der Waals surface area contributed by atoms with Crippen LogP contribution in [0.5, 0.6) is 0 Å². The first-order chi connectivity index (χ1) is 8.28. The maximum Gasteiger partial charge on any atom is 0.174 e. The molecule has 17 heavy (non-hydrogen) atoms. The zero-order valence-electron chi connectivity index (χ0n) is 9.95. The van der Waals surface area contributed by atoms with Gasteiger partial charge in [0, 0.05) is 6.42 Å². The van der Waals surface area contributed by atoms with Gasteiger partial charge in [-0.15, -0.1) is 0 Å². The molecule has 1 N–H and O–H groups in total. The second-order valence-electron chi connectivity index (χ2n) is 4.18. The van der Waals surface area contributed by atoms with Gasteiger partial charge in [0.05, 0.1) is 11.0 Å². The first-order valence-electron chi connectivity index (χ1n) is 5.82. The Morgan fingerprint density at radius 1 is 1.24 bits per heavy atom. The number of imidazole rings is 1. The number of aromatic amines is 1. The van der Waals surface area contributed by atoms with Gasteiger partial charge in [-0.05, 0) is 30.7 Å². The number of para-hydroxylation sites is 1. The Morgan fingerprint density at radius 3 is 2.82 bits per heavy atom. The molecular weight excluding hydrogens is 212 g/mol. The van der Waals surface area contributed by atoms with E-state index in [9.17, 15) is 0 Å². The van der Waals surface area contributed by atoms with Gasteiger partial charge in [-0.25, -0.2) is 4.98 Å². The van der Waals surface area contributed by atoms with Crippen molar-refractivity contribution in [1.82, 2.24) is 9.97 Å². The summed E-state index contributed by atoms with van der Waals surface area (Å²) in [6, 6.07) is 10.1. The second kappa shape index (κ2) is 3.77. The van der Waals surface area contributed by atoms with Gasteiger partial charge in [-0.1, -0.05) is 19.1 Å². The lowest BCUT2D eigenvalue weighted by molar-refractivity contribution is 0.526. The Balaban J connectivity index is 2.14. The highest BCUT2D eigenvalue weighted by Gasteiger charge is 2.10. The Labute approximate surface area is 99.5 Å². The largest absolute Gasteiger partial charge is 0.458 e. The van der Waals surface area contributed by atoms with Crippen molar-refractivity contribution in [3.63, 3.8) is 0 Å². The quantitative estimate of drug-likeness (QED) is 0.724. The SMILES string of the molecule is CCc1ccc(-c2nc3c(C)cccc3[nH]2)o1. The third-order valence-corrected chi connectivity index (χ3v) is 2.96. The molecule has 3 aromatic rings. The summed E-state index contributed by atoms with van der Waals surface area (Å²) in [6.45, 7) is 4.14. The van der Waals surface area contributed by atoms with Crippen molar-refractivity contribution >= 4 is 11.0 Å². The monoisotopic (exact) mass is 226 g/mol. The van der Waals surface area contributed by atoms with E-state index in [4.69, 9.17) is 4.42 Å². The van der Waals surface area contributed by atoms with Crippen molar-refractivity contribution in [2.45, 2.75) is 20.3 Å². The first-order valence-corrected chi connectivity index (χ1v) is 5.82. The number of furan rings is 1. The van der Waals surface area contributed by atoms with Gasteiger partial charge >= 0.3 is 0 Å². The number of H-pyrrole nitrogens is 1.